The number of aryl methyl sites for hydroxylation is 1. The summed E-state index contributed by atoms with van der Waals surface area (Å²) in [6.07, 6.45) is 4.15. The van der Waals surface area contributed by atoms with Crippen LogP contribution < -0.4 is 5.32 Å². The summed E-state index contributed by atoms with van der Waals surface area (Å²) in [6, 6.07) is 5.68. The van der Waals surface area contributed by atoms with Crippen molar-refractivity contribution in [2.45, 2.75) is 13.3 Å². The summed E-state index contributed by atoms with van der Waals surface area (Å²) in [6.45, 7) is 2.55. The molecule has 1 N–H and O–H groups in total. The molecule has 2 aromatic heterocycles. The summed E-state index contributed by atoms with van der Waals surface area (Å²) in [4.78, 5) is 17.5. The molecule has 0 aromatic carbocycles. The van der Waals surface area contributed by atoms with Crippen molar-refractivity contribution < 1.29 is 4.79 Å². The summed E-state index contributed by atoms with van der Waals surface area (Å²) < 4.78 is 1.73. The number of pyridine rings is 1. The Labute approximate surface area is 118 Å². The Morgan fingerprint density at radius 2 is 2.20 bits per heavy atom. The van der Waals surface area contributed by atoms with Crippen molar-refractivity contribution in [1.29, 1.82) is 0 Å². The lowest BCUT2D eigenvalue weighted by atomic mass is 10.3. The van der Waals surface area contributed by atoms with E-state index in [-0.39, 0.29) is 5.91 Å². The first-order chi connectivity index (χ1) is 9.56. The number of aromatic nitrogens is 3. The zero-order valence-corrected chi connectivity index (χ0v) is 12.0. The highest BCUT2D eigenvalue weighted by Gasteiger charge is 2.04. The molecule has 2 heterocycles. The van der Waals surface area contributed by atoms with Gasteiger partial charge in [-0.3, -0.25) is 4.79 Å². The van der Waals surface area contributed by atoms with Gasteiger partial charge in [0.25, 0.3) is 0 Å². The third kappa shape index (κ3) is 3.57. The summed E-state index contributed by atoms with van der Waals surface area (Å²) in [5, 5.41) is 7.37. The average Bonchev–Trinajstić information content (AvgIpc) is 2.85. The third-order valence-electron chi connectivity index (χ3n) is 2.82. The highest BCUT2D eigenvalue weighted by atomic mass is 16.2. The molecular formula is C14H19N5O. The molecule has 0 saturated carbocycles. The summed E-state index contributed by atoms with van der Waals surface area (Å²) >= 11 is 0. The first-order valence-electron chi connectivity index (χ1n) is 6.49. The van der Waals surface area contributed by atoms with Gasteiger partial charge in [0.05, 0.1) is 6.20 Å². The van der Waals surface area contributed by atoms with Gasteiger partial charge in [0.15, 0.2) is 5.82 Å². The van der Waals surface area contributed by atoms with Crippen LogP contribution in [0.4, 0.5) is 5.82 Å². The van der Waals surface area contributed by atoms with Crippen molar-refractivity contribution >= 4 is 11.7 Å². The first kappa shape index (κ1) is 14.0. The van der Waals surface area contributed by atoms with Crippen LogP contribution in [0.5, 0.6) is 0 Å². The van der Waals surface area contributed by atoms with Crippen LogP contribution in [0.15, 0.2) is 30.6 Å². The highest BCUT2D eigenvalue weighted by Crippen LogP contribution is 2.09. The minimum absolute atomic E-state index is 0.0938. The number of hydrogen-bond acceptors (Lipinski definition) is 4. The monoisotopic (exact) mass is 273 g/mol. The van der Waals surface area contributed by atoms with Gasteiger partial charge in [-0.1, -0.05) is 6.07 Å². The maximum Gasteiger partial charge on any atom is 0.223 e. The molecule has 0 fully saturated rings. The van der Waals surface area contributed by atoms with E-state index in [0.29, 0.717) is 13.0 Å². The van der Waals surface area contributed by atoms with Crippen LogP contribution in [0.3, 0.4) is 0 Å². The lowest BCUT2D eigenvalue weighted by molar-refractivity contribution is -0.128. The van der Waals surface area contributed by atoms with Crippen molar-refractivity contribution in [1.82, 2.24) is 19.7 Å². The van der Waals surface area contributed by atoms with Gasteiger partial charge in [0.1, 0.15) is 5.82 Å². The molecule has 0 aliphatic rings. The fourth-order valence-electron chi connectivity index (χ4n) is 1.71. The van der Waals surface area contributed by atoms with Gasteiger partial charge < -0.3 is 10.2 Å². The van der Waals surface area contributed by atoms with Crippen LogP contribution in [0.2, 0.25) is 0 Å². The van der Waals surface area contributed by atoms with Crippen LogP contribution in [0.25, 0.3) is 5.82 Å². The van der Waals surface area contributed by atoms with Gasteiger partial charge in [0.2, 0.25) is 5.91 Å². The molecule has 0 atom stereocenters. The number of rotatable bonds is 5. The second-order valence-electron chi connectivity index (χ2n) is 4.81. The average molecular weight is 273 g/mol. The molecule has 0 spiro atoms. The zero-order chi connectivity index (χ0) is 14.5. The fraction of sp³-hybridized carbons (Fsp3) is 0.357. The Hall–Kier alpha value is -2.37. The van der Waals surface area contributed by atoms with Crippen LogP contribution in [0.1, 0.15) is 12.0 Å². The van der Waals surface area contributed by atoms with E-state index < -0.39 is 0 Å². The van der Waals surface area contributed by atoms with E-state index in [1.807, 2.05) is 31.3 Å². The molecule has 20 heavy (non-hydrogen) atoms. The Morgan fingerprint density at radius 1 is 1.40 bits per heavy atom. The minimum Gasteiger partial charge on any atom is -0.369 e. The van der Waals surface area contributed by atoms with Crippen LogP contribution in [0, 0.1) is 6.92 Å². The summed E-state index contributed by atoms with van der Waals surface area (Å²) in [7, 11) is 3.50. The van der Waals surface area contributed by atoms with Crippen molar-refractivity contribution in [2.75, 3.05) is 26.0 Å². The van der Waals surface area contributed by atoms with Gasteiger partial charge in [-0.25, -0.2) is 9.67 Å². The molecule has 2 aromatic rings. The van der Waals surface area contributed by atoms with Crippen LogP contribution in [-0.2, 0) is 4.79 Å². The van der Waals surface area contributed by atoms with E-state index in [1.165, 1.54) is 0 Å². The maximum atomic E-state index is 11.5. The molecule has 6 heteroatoms. The van der Waals surface area contributed by atoms with Gasteiger partial charge in [0, 0.05) is 33.3 Å². The molecule has 1 amide bonds. The molecule has 0 aliphatic heterocycles. The standard InChI is InChI=1S/C14H19N5O/c1-11-9-16-19(10-11)13-6-4-5-12(17-13)15-8-7-14(20)18(2)3/h4-6,9-10H,7-8H2,1-3H3,(H,15,17). The van der Waals surface area contributed by atoms with E-state index in [4.69, 9.17) is 0 Å². The second kappa shape index (κ2) is 6.18. The number of hydrogen-bond donors (Lipinski definition) is 1. The lowest BCUT2D eigenvalue weighted by Gasteiger charge is -2.11. The maximum absolute atomic E-state index is 11.5. The van der Waals surface area contributed by atoms with E-state index >= 15 is 0 Å². The number of carbonyl (C=O) groups excluding carboxylic acids is 1. The SMILES string of the molecule is Cc1cnn(-c2cccc(NCCC(=O)N(C)C)n2)c1. The Morgan fingerprint density at radius 3 is 2.85 bits per heavy atom. The van der Waals surface area contributed by atoms with Crippen molar-refractivity contribution in [3.63, 3.8) is 0 Å². The van der Waals surface area contributed by atoms with Crippen LogP contribution >= 0.6 is 0 Å². The molecule has 6 nitrogen and oxygen atoms in total. The smallest absolute Gasteiger partial charge is 0.223 e. The van der Waals surface area contributed by atoms with Gasteiger partial charge in [-0.05, 0) is 24.6 Å². The first-order valence-corrected chi connectivity index (χ1v) is 6.49. The fourth-order valence-corrected chi connectivity index (χ4v) is 1.71. The number of nitrogens with zero attached hydrogens (tertiary/aromatic N) is 4. The van der Waals surface area contributed by atoms with E-state index in [2.05, 4.69) is 15.4 Å². The predicted octanol–water partition coefficient (Wildman–Crippen LogP) is 1.47. The van der Waals surface area contributed by atoms with E-state index in [0.717, 1.165) is 17.2 Å². The molecule has 0 unspecified atom stereocenters. The molecule has 0 radical (unpaired) electrons. The summed E-state index contributed by atoms with van der Waals surface area (Å²) in [5.41, 5.74) is 1.08. The molecule has 0 saturated heterocycles. The van der Waals surface area contributed by atoms with Crippen molar-refractivity contribution in [3.05, 3.63) is 36.2 Å². The molecule has 2 rings (SSSR count). The number of amides is 1. The van der Waals surface area contributed by atoms with Crippen LogP contribution in [-0.4, -0.2) is 46.2 Å². The second-order valence-corrected chi connectivity index (χ2v) is 4.81. The van der Waals surface area contributed by atoms with Gasteiger partial charge in [-0.15, -0.1) is 0 Å². The molecule has 106 valence electrons. The number of nitrogens with one attached hydrogen (secondary N) is 1. The van der Waals surface area contributed by atoms with Crippen molar-refractivity contribution in [3.8, 4) is 5.82 Å². The Kier molecular flexibility index (Phi) is 4.34. The molecular weight excluding hydrogens is 254 g/mol. The lowest BCUT2D eigenvalue weighted by Crippen LogP contribution is -2.24. The minimum atomic E-state index is 0.0938. The topological polar surface area (TPSA) is 63.1 Å². The largest absolute Gasteiger partial charge is 0.369 e. The zero-order valence-electron chi connectivity index (χ0n) is 12.0. The molecule has 0 aliphatic carbocycles. The Bertz CT molecular complexity index is 591. The number of anilines is 1. The highest BCUT2D eigenvalue weighted by molar-refractivity contribution is 5.76. The number of carbonyl (C=O) groups is 1. The van der Waals surface area contributed by atoms with E-state index in [9.17, 15) is 4.79 Å². The predicted molar refractivity (Wildman–Crippen MR) is 77.9 cm³/mol. The normalized spacial score (nSPS) is 10.3. The van der Waals surface area contributed by atoms with E-state index in [1.54, 1.807) is 29.9 Å². The molecule has 0 bridgehead atoms. The Balaban J connectivity index is 1.98. The quantitative estimate of drug-likeness (QED) is 0.896. The van der Waals surface area contributed by atoms with Gasteiger partial charge >= 0.3 is 0 Å². The van der Waals surface area contributed by atoms with Gasteiger partial charge in [-0.2, -0.15) is 5.10 Å². The third-order valence-corrected chi connectivity index (χ3v) is 2.82. The van der Waals surface area contributed by atoms with Crippen molar-refractivity contribution in [2.24, 2.45) is 0 Å². The summed E-state index contributed by atoms with van der Waals surface area (Å²) in [5.74, 6) is 1.58.